The first-order chi connectivity index (χ1) is 6.97. The molecule has 0 aliphatic carbocycles. The van der Waals surface area contributed by atoms with Gasteiger partial charge in [0.05, 0.1) is 0 Å². The molecule has 0 rings (SSSR count). The smallest absolute Gasteiger partial charge is 0.00703 e. The maximum absolute atomic E-state index is 3.23. The first kappa shape index (κ1) is 14.4. The van der Waals surface area contributed by atoms with Crippen LogP contribution in [0.15, 0.2) is 23.8 Å². The zero-order valence-electron chi connectivity index (χ0n) is 11.2. The van der Waals surface area contributed by atoms with Crippen molar-refractivity contribution in [3.8, 4) is 0 Å². The average Bonchev–Trinajstić information content (AvgIpc) is 2.17. The van der Waals surface area contributed by atoms with Crippen LogP contribution in [0.5, 0.6) is 0 Å². The van der Waals surface area contributed by atoms with Gasteiger partial charge in [-0.2, -0.15) is 0 Å². The van der Waals surface area contributed by atoms with E-state index in [1.54, 1.807) is 0 Å². The van der Waals surface area contributed by atoms with Crippen LogP contribution < -0.4 is 5.32 Å². The van der Waals surface area contributed by atoms with Crippen LogP contribution in [0.2, 0.25) is 0 Å². The Kier molecular flexibility index (Phi) is 7.41. The standard InChI is InChI=1S/C14H27N/c1-11(2)13(4)10-12(3)8-7-9-14(5)15-6/h7-8,10-11,13-15H,9H2,1-6H3. The zero-order chi connectivity index (χ0) is 11.8. The molecule has 0 aromatic carbocycles. The lowest BCUT2D eigenvalue weighted by atomic mass is 9.96. The van der Waals surface area contributed by atoms with Gasteiger partial charge in [-0.1, -0.05) is 44.6 Å². The second-order valence-corrected chi connectivity index (χ2v) is 4.84. The Labute approximate surface area is 95.7 Å². The van der Waals surface area contributed by atoms with Crippen molar-refractivity contribution in [2.24, 2.45) is 11.8 Å². The van der Waals surface area contributed by atoms with Gasteiger partial charge >= 0.3 is 0 Å². The topological polar surface area (TPSA) is 12.0 Å². The summed E-state index contributed by atoms with van der Waals surface area (Å²) in [5.74, 6) is 1.39. The van der Waals surface area contributed by atoms with E-state index in [0.717, 1.165) is 12.3 Å². The Hall–Kier alpha value is -0.560. The SMILES string of the molecule is CNC(C)CC=CC(C)=CC(C)C(C)C. The maximum atomic E-state index is 3.23. The number of hydrogen-bond acceptors (Lipinski definition) is 1. The molecule has 2 atom stereocenters. The average molecular weight is 209 g/mol. The van der Waals surface area contributed by atoms with Gasteiger partial charge in [0.15, 0.2) is 0 Å². The first-order valence-corrected chi connectivity index (χ1v) is 5.99. The van der Waals surface area contributed by atoms with Gasteiger partial charge in [-0.25, -0.2) is 0 Å². The van der Waals surface area contributed by atoms with Gasteiger partial charge in [0, 0.05) is 6.04 Å². The highest BCUT2D eigenvalue weighted by molar-refractivity contribution is 5.17. The number of rotatable bonds is 6. The van der Waals surface area contributed by atoms with Crippen LogP contribution in [0.1, 0.15) is 41.0 Å². The molecule has 0 saturated heterocycles. The van der Waals surface area contributed by atoms with Crippen molar-refractivity contribution < 1.29 is 0 Å². The van der Waals surface area contributed by atoms with E-state index in [9.17, 15) is 0 Å². The highest BCUT2D eigenvalue weighted by atomic mass is 14.8. The van der Waals surface area contributed by atoms with Gasteiger partial charge in [-0.3, -0.25) is 0 Å². The molecule has 0 fully saturated rings. The molecule has 0 spiro atoms. The summed E-state index contributed by atoms with van der Waals surface area (Å²) < 4.78 is 0. The monoisotopic (exact) mass is 209 g/mol. The van der Waals surface area contributed by atoms with Gasteiger partial charge < -0.3 is 5.32 Å². The summed E-state index contributed by atoms with van der Waals surface area (Å²) in [5.41, 5.74) is 1.37. The van der Waals surface area contributed by atoms with Crippen LogP contribution in [0.25, 0.3) is 0 Å². The molecule has 0 saturated carbocycles. The Morgan fingerprint density at radius 3 is 2.27 bits per heavy atom. The van der Waals surface area contributed by atoms with Crippen LogP contribution in [0.4, 0.5) is 0 Å². The van der Waals surface area contributed by atoms with E-state index in [2.05, 4.69) is 58.2 Å². The summed E-state index contributed by atoms with van der Waals surface area (Å²) in [7, 11) is 2.00. The van der Waals surface area contributed by atoms with Gasteiger partial charge in [0.2, 0.25) is 0 Å². The summed E-state index contributed by atoms with van der Waals surface area (Å²) in [4.78, 5) is 0. The van der Waals surface area contributed by atoms with Crippen LogP contribution in [0, 0.1) is 11.8 Å². The number of nitrogens with one attached hydrogen (secondary N) is 1. The van der Waals surface area contributed by atoms with Crippen molar-refractivity contribution in [2.75, 3.05) is 7.05 Å². The lowest BCUT2D eigenvalue weighted by Crippen LogP contribution is -2.19. The van der Waals surface area contributed by atoms with Gasteiger partial charge in [-0.15, -0.1) is 0 Å². The van der Waals surface area contributed by atoms with Crippen molar-refractivity contribution in [1.82, 2.24) is 5.32 Å². The van der Waals surface area contributed by atoms with Crippen LogP contribution in [0.3, 0.4) is 0 Å². The Morgan fingerprint density at radius 1 is 1.20 bits per heavy atom. The molecule has 0 radical (unpaired) electrons. The Balaban J connectivity index is 4.06. The molecule has 1 N–H and O–H groups in total. The molecule has 2 unspecified atom stereocenters. The van der Waals surface area contributed by atoms with E-state index in [-0.39, 0.29) is 0 Å². The summed E-state index contributed by atoms with van der Waals surface area (Å²) in [6.07, 6.45) is 7.93. The third-order valence-corrected chi connectivity index (χ3v) is 2.94. The Bertz CT molecular complexity index is 213. The summed E-state index contributed by atoms with van der Waals surface area (Å²) >= 11 is 0. The minimum absolute atomic E-state index is 0.566. The van der Waals surface area contributed by atoms with Gasteiger partial charge in [0.25, 0.3) is 0 Å². The second-order valence-electron chi connectivity index (χ2n) is 4.84. The van der Waals surface area contributed by atoms with E-state index in [4.69, 9.17) is 0 Å². The summed E-state index contributed by atoms with van der Waals surface area (Å²) in [6, 6.07) is 0.566. The largest absolute Gasteiger partial charge is 0.317 e. The maximum Gasteiger partial charge on any atom is 0.00703 e. The lowest BCUT2D eigenvalue weighted by Gasteiger charge is -2.11. The van der Waals surface area contributed by atoms with Crippen molar-refractivity contribution in [1.29, 1.82) is 0 Å². The van der Waals surface area contributed by atoms with Crippen molar-refractivity contribution in [3.63, 3.8) is 0 Å². The number of allylic oxidation sites excluding steroid dienone is 3. The van der Waals surface area contributed by atoms with E-state index >= 15 is 0 Å². The van der Waals surface area contributed by atoms with Gasteiger partial charge in [-0.05, 0) is 39.2 Å². The normalized spacial score (nSPS) is 17.4. The molecule has 0 aliphatic heterocycles. The van der Waals surface area contributed by atoms with Crippen LogP contribution >= 0.6 is 0 Å². The fourth-order valence-corrected chi connectivity index (χ4v) is 1.24. The van der Waals surface area contributed by atoms with E-state index in [1.807, 2.05) is 7.05 Å². The predicted octanol–water partition coefficient (Wildman–Crippen LogP) is 3.78. The Morgan fingerprint density at radius 2 is 1.80 bits per heavy atom. The first-order valence-electron chi connectivity index (χ1n) is 5.99. The lowest BCUT2D eigenvalue weighted by molar-refractivity contribution is 0.502. The molecule has 0 amide bonds. The molecule has 0 bridgehead atoms. The summed E-state index contributed by atoms with van der Waals surface area (Å²) in [5, 5.41) is 3.23. The second kappa shape index (κ2) is 7.70. The molecule has 15 heavy (non-hydrogen) atoms. The fourth-order valence-electron chi connectivity index (χ4n) is 1.24. The molecule has 88 valence electrons. The van der Waals surface area contributed by atoms with E-state index in [1.165, 1.54) is 5.57 Å². The zero-order valence-corrected chi connectivity index (χ0v) is 11.2. The molecular formula is C14H27N. The minimum Gasteiger partial charge on any atom is -0.317 e. The number of hydrogen-bond donors (Lipinski definition) is 1. The van der Waals surface area contributed by atoms with Crippen molar-refractivity contribution in [3.05, 3.63) is 23.8 Å². The molecule has 1 nitrogen and oxygen atoms in total. The fraction of sp³-hybridized carbons (Fsp3) is 0.714. The third kappa shape index (κ3) is 7.38. The molecule has 0 aliphatic rings. The highest BCUT2D eigenvalue weighted by Crippen LogP contribution is 2.14. The third-order valence-electron chi connectivity index (χ3n) is 2.94. The quantitative estimate of drug-likeness (QED) is 0.656. The molecule has 0 heterocycles. The highest BCUT2D eigenvalue weighted by Gasteiger charge is 2.02. The minimum atomic E-state index is 0.566. The van der Waals surface area contributed by atoms with E-state index < -0.39 is 0 Å². The van der Waals surface area contributed by atoms with Crippen LogP contribution in [-0.4, -0.2) is 13.1 Å². The molecule has 0 aromatic heterocycles. The van der Waals surface area contributed by atoms with Gasteiger partial charge in [0.1, 0.15) is 0 Å². The van der Waals surface area contributed by atoms with E-state index in [0.29, 0.717) is 12.0 Å². The molecule has 1 heteroatoms. The predicted molar refractivity (Wildman–Crippen MR) is 70.0 cm³/mol. The summed E-state index contributed by atoms with van der Waals surface area (Å²) in [6.45, 7) is 11.2. The molecule has 0 aromatic rings. The molecular weight excluding hydrogens is 182 g/mol. The van der Waals surface area contributed by atoms with Crippen molar-refractivity contribution >= 4 is 0 Å². The van der Waals surface area contributed by atoms with Crippen LogP contribution in [-0.2, 0) is 0 Å². The van der Waals surface area contributed by atoms with Crippen molar-refractivity contribution in [2.45, 2.75) is 47.1 Å².